The van der Waals surface area contributed by atoms with Crippen LogP contribution >= 0.6 is 0 Å². The average Bonchev–Trinajstić information content (AvgIpc) is 2.30. The molecule has 2 N–H and O–H groups in total. The fourth-order valence-corrected chi connectivity index (χ4v) is 1.94. The van der Waals surface area contributed by atoms with Gasteiger partial charge in [-0.1, -0.05) is 43.7 Å². The lowest BCUT2D eigenvalue weighted by Gasteiger charge is -2.23. The number of aliphatic hydroxyl groups is 1. The molecular weight excluding hydrogens is 198 g/mol. The van der Waals surface area contributed by atoms with Gasteiger partial charge in [0, 0.05) is 18.7 Å². The van der Waals surface area contributed by atoms with Crippen LogP contribution in [-0.2, 0) is 0 Å². The van der Waals surface area contributed by atoms with E-state index in [0.717, 1.165) is 12.8 Å². The summed E-state index contributed by atoms with van der Waals surface area (Å²) in [4.78, 5) is 0. The predicted octanol–water partition coefficient (Wildman–Crippen LogP) is 2.89. The highest BCUT2D eigenvalue weighted by atomic mass is 16.3. The Balaban J connectivity index is 2.60. The monoisotopic (exact) mass is 221 g/mol. The molecule has 0 aliphatic carbocycles. The minimum atomic E-state index is 0.252. The second-order valence-electron chi connectivity index (χ2n) is 4.33. The molecule has 0 fully saturated rings. The van der Waals surface area contributed by atoms with Crippen molar-refractivity contribution < 1.29 is 5.11 Å². The van der Waals surface area contributed by atoms with Crippen LogP contribution in [0.4, 0.5) is 0 Å². The van der Waals surface area contributed by atoms with Gasteiger partial charge in [0.2, 0.25) is 0 Å². The van der Waals surface area contributed by atoms with E-state index in [1.165, 1.54) is 12.0 Å². The Morgan fingerprint density at radius 1 is 1.19 bits per heavy atom. The summed E-state index contributed by atoms with van der Waals surface area (Å²) in [6.07, 6.45) is 3.12. The maximum atomic E-state index is 8.91. The maximum absolute atomic E-state index is 8.91. The Hall–Kier alpha value is -0.860. The second kappa shape index (κ2) is 7.42. The van der Waals surface area contributed by atoms with Gasteiger partial charge in [-0.25, -0.2) is 0 Å². The summed E-state index contributed by atoms with van der Waals surface area (Å²) in [7, 11) is 0. The van der Waals surface area contributed by atoms with E-state index in [9.17, 15) is 0 Å². The van der Waals surface area contributed by atoms with Crippen molar-refractivity contribution >= 4 is 0 Å². The number of hydrogen-bond acceptors (Lipinski definition) is 2. The Kier molecular flexibility index (Phi) is 6.12. The summed E-state index contributed by atoms with van der Waals surface area (Å²) in [5.74, 6) is 0. The molecule has 0 saturated heterocycles. The number of aliphatic hydroxyl groups excluding tert-OH is 1. The normalized spacial score (nSPS) is 14.7. The Morgan fingerprint density at radius 3 is 2.44 bits per heavy atom. The number of nitrogens with one attached hydrogen (secondary N) is 1. The van der Waals surface area contributed by atoms with Crippen molar-refractivity contribution in [2.24, 2.45) is 0 Å². The molecule has 1 unspecified atom stereocenters. The summed E-state index contributed by atoms with van der Waals surface area (Å²) < 4.78 is 0. The number of hydrogen-bond donors (Lipinski definition) is 2. The van der Waals surface area contributed by atoms with E-state index >= 15 is 0 Å². The van der Waals surface area contributed by atoms with Gasteiger partial charge in [0.15, 0.2) is 0 Å². The molecule has 1 rings (SSSR count). The Labute approximate surface area is 98.7 Å². The van der Waals surface area contributed by atoms with Crippen molar-refractivity contribution in [3.05, 3.63) is 35.9 Å². The van der Waals surface area contributed by atoms with E-state index in [-0.39, 0.29) is 6.61 Å². The molecular formula is C14H23NO. The number of benzene rings is 1. The third-order valence-corrected chi connectivity index (χ3v) is 2.83. The molecule has 90 valence electrons. The minimum Gasteiger partial charge on any atom is -0.396 e. The van der Waals surface area contributed by atoms with E-state index in [1.807, 2.05) is 6.07 Å². The van der Waals surface area contributed by atoms with Crippen molar-refractivity contribution in [2.45, 2.75) is 45.2 Å². The maximum Gasteiger partial charge on any atom is 0.0445 e. The standard InChI is InChI=1S/C14H23NO/c1-3-7-14(15-12(2)10-11-16)13-8-5-4-6-9-13/h4-6,8-9,12,14-16H,3,7,10-11H2,1-2H3/t12-,14?/m1/s1. The predicted molar refractivity (Wildman–Crippen MR) is 68.4 cm³/mol. The van der Waals surface area contributed by atoms with Crippen molar-refractivity contribution in [2.75, 3.05) is 6.61 Å². The molecule has 0 aliphatic heterocycles. The van der Waals surface area contributed by atoms with Crippen LogP contribution in [-0.4, -0.2) is 17.8 Å². The molecule has 0 saturated carbocycles. The van der Waals surface area contributed by atoms with Crippen LogP contribution in [0.3, 0.4) is 0 Å². The van der Waals surface area contributed by atoms with E-state index in [0.29, 0.717) is 12.1 Å². The van der Waals surface area contributed by atoms with Gasteiger partial charge in [-0.05, 0) is 25.3 Å². The molecule has 0 radical (unpaired) electrons. The lowest BCUT2D eigenvalue weighted by molar-refractivity contribution is 0.261. The molecule has 0 aromatic heterocycles. The van der Waals surface area contributed by atoms with Crippen LogP contribution in [0.2, 0.25) is 0 Å². The lowest BCUT2D eigenvalue weighted by atomic mass is 10.0. The molecule has 0 heterocycles. The van der Waals surface area contributed by atoms with Crippen LogP contribution in [0, 0.1) is 0 Å². The summed E-state index contributed by atoms with van der Waals surface area (Å²) in [6, 6.07) is 11.3. The molecule has 2 atom stereocenters. The molecule has 1 aromatic rings. The zero-order valence-corrected chi connectivity index (χ0v) is 10.3. The third-order valence-electron chi connectivity index (χ3n) is 2.83. The lowest BCUT2D eigenvalue weighted by Crippen LogP contribution is -2.31. The third kappa shape index (κ3) is 4.33. The molecule has 16 heavy (non-hydrogen) atoms. The molecule has 0 spiro atoms. The first-order valence-electron chi connectivity index (χ1n) is 6.19. The van der Waals surface area contributed by atoms with Crippen molar-refractivity contribution in [1.82, 2.24) is 5.32 Å². The first kappa shape index (κ1) is 13.2. The molecule has 0 amide bonds. The zero-order valence-electron chi connectivity index (χ0n) is 10.3. The highest BCUT2D eigenvalue weighted by Gasteiger charge is 2.12. The second-order valence-corrected chi connectivity index (χ2v) is 4.33. The van der Waals surface area contributed by atoms with E-state index < -0.39 is 0 Å². The first-order valence-corrected chi connectivity index (χ1v) is 6.19. The Bertz CT molecular complexity index is 273. The summed E-state index contributed by atoms with van der Waals surface area (Å²) in [6.45, 7) is 4.58. The quantitative estimate of drug-likeness (QED) is 0.742. The van der Waals surface area contributed by atoms with Gasteiger partial charge in [-0.15, -0.1) is 0 Å². The fraction of sp³-hybridized carbons (Fsp3) is 0.571. The molecule has 0 bridgehead atoms. The van der Waals surface area contributed by atoms with Gasteiger partial charge in [-0.2, -0.15) is 0 Å². The van der Waals surface area contributed by atoms with Crippen molar-refractivity contribution in [3.8, 4) is 0 Å². The molecule has 0 aliphatic rings. The Morgan fingerprint density at radius 2 is 1.88 bits per heavy atom. The highest BCUT2D eigenvalue weighted by Crippen LogP contribution is 2.19. The van der Waals surface area contributed by atoms with Gasteiger partial charge in [-0.3, -0.25) is 0 Å². The van der Waals surface area contributed by atoms with Gasteiger partial charge in [0.05, 0.1) is 0 Å². The van der Waals surface area contributed by atoms with Gasteiger partial charge in [0.1, 0.15) is 0 Å². The van der Waals surface area contributed by atoms with Gasteiger partial charge < -0.3 is 10.4 Å². The first-order chi connectivity index (χ1) is 7.77. The van der Waals surface area contributed by atoms with Crippen LogP contribution in [0.1, 0.15) is 44.7 Å². The SMILES string of the molecule is CCCC(N[C@H](C)CCO)c1ccccc1. The fourth-order valence-electron chi connectivity index (χ4n) is 1.94. The molecule has 1 aromatic carbocycles. The van der Waals surface area contributed by atoms with E-state index in [2.05, 4.69) is 43.4 Å². The number of rotatable bonds is 7. The van der Waals surface area contributed by atoms with Gasteiger partial charge >= 0.3 is 0 Å². The van der Waals surface area contributed by atoms with Crippen molar-refractivity contribution in [3.63, 3.8) is 0 Å². The van der Waals surface area contributed by atoms with E-state index in [1.54, 1.807) is 0 Å². The minimum absolute atomic E-state index is 0.252. The summed E-state index contributed by atoms with van der Waals surface area (Å²) >= 11 is 0. The highest BCUT2D eigenvalue weighted by molar-refractivity contribution is 5.18. The van der Waals surface area contributed by atoms with Crippen LogP contribution < -0.4 is 5.32 Å². The van der Waals surface area contributed by atoms with Crippen molar-refractivity contribution in [1.29, 1.82) is 0 Å². The van der Waals surface area contributed by atoms with Crippen LogP contribution in [0.5, 0.6) is 0 Å². The molecule has 2 nitrogen and oxygen atoms in total. The topological polar surface area (TPSA) is 32.3 Å². The summed E-state index contributed by atoms with van der Waals surface area (Å²) in [5.41, 5.74) is 1.34. The van der Waals surface area contributed by atoms with E-state index in [4.69, 9.17) is 5.11 Å². The van der Waals surface area contributed by atoms with Gasteiger partial charge in [0.25, 0.3) is 0 Å². The average molecular weight is 221 g/mol. The zero-order chi connectivity index (χ0) is 11.8. The molecule has 2 heteroatoms. The smallest absolute Gasteiger partial charge is 0.0445 e. The largest absolute Gasteiger partial charge is 0.396 e. The van der Waals surface area contributed by atoms with Crippen LogP contribution in [0.15, 0.2) is 30.3 Å². The van der Waals surface area contributed by atoms with Crippen LogP contribution in [0.25, 0.3) is 0 Å². The summed E-state index contributed by atoms with van der Waals surface area (Å²) in [5, 5.41) is 12.5.